The van der Waals surface area contributed by atoms with Gasteiger partial charge in [-0.2, -0.15) is 0 Å². The van der Waals surface area contributed by atoms with E-state index >= 15 is 0 Å². The molecule has 0 atom stereocenters. The van der Waals surface area contributed by atoms with Crippen LogP contribution in [0.15, 0.2) is 388 Å². The Morgan fingerprint density at radius 2 is 0.374 bits per heavy atom. The number of aryl methyl sites for hydroxylation is 2. The van der Waals surface area contributed by atoms with Gasteiger partial charge in [0.1, 0.15) is 0 Å². The number of fused-ring (bicyclic) bond motifs is 9. The van der Waals surface area contributed by atoms with E-state index in [1.807, 2.05) is 0 Å². The summed E-state index contributed by atoms with van der Waals surface area (Å²) >= 11 is 0. The van der Waals surface area contributed by atoms with E-state index in [4.69, 9.17) is 0 Å². The van der Waals surface area contributed by atoms with Crippen molar-refractivity contribution in [1.29, 1.82) is 0 Å². The van der Waals surface area contributed by atoms with Gasteiger partial charge >= 0.3 is 0 Å². The summed E-state index contributed by atoms with van der Waals surface area (Å²) in [5.41, 5.74) is 29.3. The van der Waals surface area contributed by atoms with Gasteiger partial charge in [-0.1, -0.05) is 392 Å². The van der Waals surface area contributed by atoms with Crippen molar-refractivity contribution in [2.45, 2.75) is 71.6 Å². The summed E-state index contributed by atoms with van der Waals surface area (Å²) in [6.45, 7) is 18.7. The molecule has 0 N–H and O–H groups in total. The Balaban J connectivity index is 0.566. The third kappa shape index (κ3) is 12.4. The van der Waals surface area contributed by atoms with Crippen molar-refractivity contribution in [2.24, 2.45) is 0 Å². The molecule has 19 rings (SSSR count). The summed E-state index contributed by atoms with van der Waals surface area (Å²) in [6, 6.07) is 147. The maximum atomic E-state index is 2.46. The van der Waals surface area contributed by atoms with E-state index in [0.29, 0.717) is 0 Å². The lowest BCUT2D eigenvalue weighted by atomic mass is 9.81. The predicted molar refractivity (Wildman–Crippen MR) is 496 cm³/mol. The molecule has 0 aromatic heterocycles. The van der Waals surface area contributed by atoms with Crippen molar-refractivity contribution in [3.8, 4) is 33.4 Å². The Bertz CT molecular complexity index is 5800. The third-order valence-corrected chi connectivity index (χ3v) is 35.1. The number of hydrogen-bond donors (Lipinski definition) is 0. The van der Waals surface area contributed by atoms with Gasteiger partial charge in [-0.3, -0.25) is 0 Å². The highest BCUT2D eigenvalue weighted by atomic mass is 28.3. The van der Waals surface area contributed by atoms with Gasteiger partial charge in [0.15, 0.2) is 16.1 Å². The fraction of sp³-hybridized carbons (Fsp3) is 0.0991. The molecule has 0 aliphatic heterocycles. The van der Waals surface area contributed by atoms with Gasteiger partial charge in [-0.15, -0.1) is 0 Å². The van der Waals surface area contributed by atoms with Gasteiger partial charge < -0.3 is 9.80 Å². The molecule has 0 fully saturated rings. The van der Waals surface area contributed by atoms with E-state index in [-0.39, 0.29) is 16.2 Å². The summed E-state index contributed by atoms with van der Waals surface area (Å²) < 4.78 is 0. The minimum atomic E-state index is -2.72. The van der Waals surface area contributed by atoms with Crippen LogP contribution >= 0.6 is 0 Å². The van der Waals surface area contributed by atoms with Crippen LogP contribution in [0.3, 0.4) is 0 Å². The van der Waals surface area contributed by atoms with Crippen molar-refractivity contribution in [3.63, 3.8) is 0 Å². The van der Waals surface area contributed by atoms with Crippen LogP contribution in [0.25, 0.3) is 57.7 Å². The van der Waals surface area contributed by atoms with Crippen LogP contribution in [-0.2, 0) is 16.2 Å². The molecule has 554 valence electrons. The second kappa shape index (κ2) is 28.9. The normalized spacial score (nSPS) is 13.9. The van der Waals surface area contributed by atoms with E-state index in [1.165, 1.54) is 142 Å². The van der Waals surface area contributed by atoms with E-state index in [0.717, 1.165) is 34.1 Å². The first-order chi connectivity index (χ1) is 56.1. The number of hydrogen-bond acceptors (Lipinski definition) is 2. The molecule has 2 nitrogen and oxygen atoms in total. The van der Waals surface area contributed by atoms with Gasteiger partial charge in [0.25, 0.3) is 0 Å². The lowest BCUT2D eigenvalue weighted by Gasteiger charge is -2.35. The van der Waals surface area contributed by atoms with Gasteiger partial charge in [0, 0.05) is 50.4 Å². The lowest BCUT2D eigenvalue weighted by Crippen LogP contribution is -2.74. The highest BCUT2D eigenvalue weighted by molar-refractivity contribution is 7.20. The van der Waals surface area contributed by atoms with Crippen LogP contribution in [-0.4, -0.2) is 16.1 Å². The molecule has 0 saturated heterocycles. The van der Waals surface area contributed by atoms with Gasteiger partial charge in [-0.25, -0.2) is 0 Å². The first kappa shape index (κ1) is 72.3. The van der Waals surface area contributed by atoms with Crippen LogP contribution in [0, 0.1) is 13.8 Å². The largest absolute Gasteiger partial charge is 0.310 e. The van der Waals surface area contributed by atoms with Crippen LogP contribution in [0.5, 0.6) is 0 Å². The van der Waals surface area contributed by atoms with Crippen LogP contribution in [0.1, 0.15) is 108 Å². The zero-order chi connectivity index (χ0) is 78.2. The topological polar surface area (TPSA) is 6.48 Å². The molecule has 0 spiro atoms. The monoisotopic (exact) mass is 1510 g/mol. The summed E-state index contributed by atoms with van der Waals surface area (Å²) in [4.78, 5) is 4.89. The SMILES string of the molecule is Cc1ccc(N(c2ccc([Si](c3ccccc3)(c3ccccc3)c3ccccc3)cc2)c2ccc3c(c2)C(C)(C)c2cc(C=Cc4ccc5c(c4)C(C)(C)c4cc(C=Cc6ccc7c(c6)C(C)(C)c6cc(N(c8ccc(C)cc8)c8ccc([Si](c9ccccc9)(c9ccccc9)c9ccccc9)cc8)ccc6-7)ccc4-5)ccc2-3)cc1. The molecule has 16 aromatic carbocycles. The minimum absolute atomic E-state index is 0.194. The second-order valence-corrected chi connectivity index (χ2v) is 41.0. The number of rotatable bonds is 18. The smallest absolute Gasteiger partial charge is 0.179 e. The van der Waals surface area contributed by atoms with E-state index in [2.05, 4.69) is 478 Å². The van der Waals surface area contributed by atoms with Crippen LogP contribution in [0.2, 0.25) is 0 Å². The molecule has 115 heavy (non-hydrogen) atoms. The molecule has 3 aliphatic rings. The molecule has 4 heteroatoms. The summed E-state index contributed by atoms with van der Waals surface area (Å²) in [5, 5.41) is 10.9. The summed E-state index contributed by atoms with van der Waals surface area (Å²) in [6.07, 6.45) is 9.24. The molecule has 0 saturated carbocycles. The fourth-order valence-corrected chi connectivity index (χ4v) is 29.0. The standard InChI is InChI=1S/C111H92N2Si2/c1-77-39-51-83(52-40-77)112(85-55-61-95(62-56-85)114(89-27-15-9-16-28-89,90-29-17-10-18-30-90)91-31-19-11-20-32-91)87-59-69-101-99-67-49-81(73-105(99)110(5,6)107(101)75-87)45-43-79-47-65-97-98-66-48-80(72-104(98)109(3,4)103(97)71-79)44-46-82-50-68-100-102-70-60-88(76-108(102)111(7,8)106(100)74-82)113(84-53-41-78(2)42-54-84)86-57-63-96(64-58-86)115(92-33-21-12-22-34-92,93-35-23-13-24-36-93)94-37-25-14-26-38-94/h9-76H,1-8H3. The maximum Gasteiger partial charge on any atom is 0.179 e. The molecule has 0 radical (unpaired) electrons. The lowest BCUT2D eigenvalue weighted by molar-refractivity contribution is 0.660. The first-order valence-electron chi connectivity index (χ1n) is 40.6. The Labute approximate surface area is 681 Å². The molecule has 16 aromatic rings. The van der Waals surface area contributed by atoms with Gasteiger partial charge in [0.05, 0.1) is 0 Å². The minimum Gasteiger partial charge on any atom is -0.310 e. The average molecular weight is 1510 g/mol. The average Bonchev–Trinajstić information content (AvgIpc) is 1.64. The van der Waals surface area contributed by atoms with Crippen molar-refractivity contribution in [1.82, 2.24) is 0 Å². The fourth-order valence-electron chi connectivity index (χ4n) is 19.5. The van der Waals surface area contributed by atoms with Crippen molar-refractivity contribution in [2.75, 3.05) is 9.80 Å². The predicted octanol–water partition coefficient (Wildman–Crippen LogP) is 23.3. The Kier molecular flexibility index (Phi) is 18.2. The number of anilines is 6. The summed E-state index contributed by atoms with van der Waals surface area (Å²) in [5.74, 6) is 0. The van der Waals surface area contributed by atoms with Crippen molar-refractivity contribution < 1.29 is 0 Å². The Morgan fingerprint density at radius 1 is 0.191 bits per heavy atom. The quantitative estimate of drug-likeness (QED) is 0.0480. The highest BCUT2D eigenvalue weighted by Gasteiger charge is 2.45. The van der Waals surface area contributed by atoms with Crippen molar-refractivity contribution >= 4 is 116 Å². The summed E-state index contributed by atoms with van der Waals surface area (Å²) in [7, 11) is -5.45. The van der Waals surface area contributed by atoms with Gasteiger partial charge in [-0.05, 0) is 217 Å². The molecule has 0 amide bonds. The molecule has 0 bridgehead atoms. The molecular weight excluding hydrogens is 1420 g/mol. The molecular formula is C111H92N2Si2. The third-order valence-electron chi connectivity index (χ3n) is 25.5. The Morgan fingerprint density at radius 3 is 0.600 bits per heavy atom. The highest BCUT2D eigenvalue weighted by Crippen LogP contribution is 2.54. The zero-order valence-corrected chi connectivity index (χ0v) is 68.7. The number of benzene rings is 16. The van der Waals surface area contributed by atoms with E-state index < -0.39 is 16.1 Å². The molecule has 0 heterocycles. The zero-order valence-electron chi connectivity index (χ0n) is 66.7. The van der Waals surface area contributed by atoms with Crippen LogP contribution in [0.4, 0.5) is 34.1 Å². The van der Waals surface area contributed by atoms with E-state index in [9.17, 15) is 0 Å². The second-order valence-electron chi connectivity index (χ2n) is 33.4. The molecule has 0 unspecified atom stereocenters. The van der Waals surface area contributed by atoms with Crippen molar-refractivity contribution in [3.05, 3.63) is 455 Å². The maximum absolute atomic E-state index is 2.72. The molecule has 3 aliphatic carbocycles. The number of nitrogens with zero attached hydrogens (tertiary/aromatic N) is 2. The van der Waals surface area contributed by atoms with E-state index in [1.54, 1.807) is 0 Å². The van der Waals surface area contributed by atoms with Crippen LogP contribution < -0.4 is 51.3 Å². The van der Waals surface area contributed by atoms with Gasteiger partial charge in [0.2, 0.25) is 0 Å². The Hall–Kier alpha value is -13.0. The first-order valence-corrected chi connectivity index (χ1v) is 44.6.